The van der Waals surface area contributed by atoms with Crippen molar-refractivity contribution >= 4 is 23.1 Å². The molecule has 0 atom stereocenters. The Morgan fingerprint density at radius 2 is 1.82 bits per heavy atom. The van der Waals surface area contributed by atoms with E-state index in [1.807, 2.05) is 62.4 Å². The first-order valence-electron chi connectivity index (χ1n) is 6.91. The second kappa shape index (κ2) is 6.07. The Bertz CT molecular complexity index is 809. The van der Waals surface area contributed by atoms with Crippen LogP contribution in [0.3, 0.4) is 0 Å². The molecule has 1 heterocycles. The SMILES string of the molecule is Cc1ccc(-c2nnsc2C(=O)Nc2cccc(C)c2)cc1. The van der Waals surface area contributed by atoms with Crippen LogP contribution in [-0.4, -0.2) is 15.5 Å². The lowest BCUT2D eigenvalue weighted by Crippen LogP contribution is -2.11. The number of nitrogens with zero attached hydrogens (tertiary/aromatic N) is 2. The molecule has 0 spiro atoms. The summed E-state index contributed by atoms with van der Waals surface area (Å²) in [5.74, 6) is -0.184. The van der Waals surface area contributed by atoms with E-state index in [1.54, 1.807) is 0 Å². The molecular formula is C17H15N3OS. The van der Waals surface area contributed by atoms with Gasteiger partial charge in [0, 0.05) is 11.3 Å². The van der Waals surface area contributed by atoms with E-state index in [4.69, 9.17) is 0 Å². The van der Waals surface area contributed by atoms with Gasteiger partial charge in [-0.25, -0.2) is 0 Å². The van der Waals surface area contributed by atoms with Crippen molar-refractivity contribution in [2.24, 2.45) is 0 Å². The fourth-order valence-electron chi connectivity index (χ4n) is 2.15. The summed E-state index contributed by atoms with van der Waals surface area (Å²) in [4.78, 5) is 13.0. The van der Waals surface area contributed by atoms with Gasteiger partial charge in [-0.1, -0.05) is 46.4 Å². The third-order valence-corrected chi connectivity index (χ3v) is 4.02. The van der Waals surface area contributed by atoms with Gasteiger partial charge < -0.3 is 5.32 Å². The predicted octanol–water partition coefficient (Wildman–Crippen LogP) is 4.07. The van der Waals surface area contributed by atoms with Crippen LogP contribution in [0.5, 0.6) is 0 Å². The topological polar surface area (TPSA) is 54.9 Å². The third-order valence-electron chi connectivity index (χ3n) is 3.30. The molecule has 0 saturated heterocycles. The van der Waals surface area contributed by atoms with Crippen molar-refractivity contribution in [1.29, 1.82) is 0 Å². The lowest BCUT2D eigenvalue weighted by molar-refractivity contribution is 0.103. The molecule has 0 saturated carbocycles. The minimum Gasteiger partial charge on any atom is -0.321 e. The molecule has 3 aromatic rings. The first-order valence-corrected chi connectivity index (χ1v) is 7.68. The summed E-state index contributed by atoms with van der Waals surface area (Å²) in [6, 6.07) is 15.6. The maximum atomic E-state index is 12.5. The number of benzene rings is 2. The Hall–Kier alpha value is -2.53. The Labute approximate surface area is 133 Å². The van der Waals surface area contributed by atoms with Crippen LogP contribution in [0.15, 0.2) is 48.5 Å². The van der Waals surface area contributed by atoms with E-state index in [-0.39, 0.29) is 5.91 Å². The number of carbonyl (C=O) groups excluding carboxylic acids is 1. The van der Waals surface area contributed by atoms with Crippen molar-refractivity contribution in [1.82, 2.24) is 9.59 Å². The van der Waals surface area contributed by atoms with Gasteiger partial charge in [-0.2, -0.15) is 0 Å². The fourth-order valence-corrected chi connectivity index (χ4v) is 2.73. The molecule has 0 radical (unpaired) electrons. The predicted molar refractivity (Wildman–Crippen MR) is 89.2 cm³/mol. The van der Waals surface area contributed by atoms with Crippen LogP contribution in [-0.2, 0) is 0 Å². The van der Waals surface area contributed by atoms with E-state index < -0.39 is 0 Å². The van der Waals surface area contributed by atoms with E-state index in [2.05, 4.69) is 14.9 Å². The van der Waals surface area contributed by atoms with Crippen LogP contribution in [0.1, 0.15) is 20.8 Å². The highest BCUT2D eigenvalue weighted by Crippen LogP contribution is 2.25. The van der Waals surface area contributed by atoms with Gasteiger partial charge in [-0.05, 0) is 43.1 Å². The highest BCUT2D eigenvalue weighted by molar-refractivity contribution is 7.08. The van der Waals surface area contributed by atoms with E-state index in [0.717, 1.165) is 33.9 Å². The molecule has 0 aliphatic heterocycles. The average Bonchev–Trinajstić information content (AvgIpc) is 2.97. The summed E-state index contributed by atoms with van der Waals surface area (Å²) in [6.07, 6.45) is 0. The number of carbonyl (C=O) groups is 1. The third kappa shape index (κ3) is 3.04. The van der Waals surface area contributed by atoms with Gasteiger partial charge in [-0.3, -0.25) is 4.79 Å². The monoisotopic (exact) mass is 309 g/mol. The summed E-state index contributed by atoms with van der Waals surface area (Å²) in [5.41, 5.74) is 4.55. The normalized spacial score (nSPS) is 10.5. The number of nitrogens with one attached hydrogen (secondary N) is 1. The second-order valence-electron chi connectivity index (χ2n) is 5.14. The van der Waals surface area contributed by atoms with Crippen molar-refractivity contribution in [2.45, 2.75) is 13.8 Å². The van der Waals surface area contributed by atoms with Gasteiger partial charge in [-0.15, -0.1) is 5.10 Å². The minimum absolute atomic E-state index is 0.184. The molecule has 1 aromatic heterocycles. The number of rotatable bonds is 3. The van der Waals surface area contributed by atoms with E-state index >= 15 is 0 Å². The molecule has 22 heavy (non-hydrogen) atoms. The maximum Gasteiger partial charge on any atom is 0.269 e. The van der Waals surface area contributed by atoms with E-state index in [1.165, 1.54) is 0 Å². The van der Waals surface area contributed by atoms with Crippen molar-refractivity contribution < 1.29 is 4.79 Å². The summed E-state index contributed by atoms with van der Waals surface area (Å²) in [7, 11) is 0. The molecule has 1 amide bonds. The highest BCUT2D eigenvalue weighted by atomic mass is 32.1. The molecule has 0 unspecified atom stereocenters. The van der Waals surface area contributed by atoms with Crippen molar-refractivity contribution in [3.63, 3.8) is 0 Å². The molecule has 0 aliphatic carbocycles. The van der Waals surface area contributed by atoms with Gasteiger partial charge in [0.25, 0.3) is 5.91 Å². The minimum atomic E-state index is -0.184. The number of amides is 1. The van der Waals surface area contributed by atoms with Crippen LogP contribution in [0.25, 0.3) is 11.3 Å². The zero-order valence-electron chi connectivity index (χ0n) is 12.3. The molecule has 5 heteroatoms. The maximum absolute atomic E-state index is 12.5. The zero-order chi connectivity index (χ0) is 15.5. The lowest BCUT2D eigenvalue weighted by Gasteiger charge is -2.05. The van der Waals surface area contributed by atoms with Crippen LogP contribution in [0.2, 0.25) is 0 Å². The van der Waals surface area contributed by atoms with Crippen LogP contribution >= 0.6 is 11.5 Å². The van der Waals surface area contributed by atoms with Crippen LogP contribution in [0.4, 0.5) is 5.69 Å². The average molecular weight is 309 g/mol. The standard InChI is InChI=1S/C17H15N3OS/c1-11-6-8-13(9-7-11)15-16(22-20-19-15)17(21)18-14-5-3-4-12(2)10-14/h3-10H,1-2H3,(H,18,21). The number of aryl methyl sites for hydroxylation is 2. The highest BCUT2D eigenvalue weighted by Gasteiger charge is 2.17. The summed E-state index contributed by atoms with van der Waals surface area (Å²) >= 11 is 1.11. The Kier molecular flexibility index (Phi) is 3.98. The summed E-state index contributed by atoms with van der Waals surface area (Å²) in [5, 5.41) is 7.00. The quantitative estimate of drug-likeness (QED) is 0.793. The molecule has 4 nitrogen and oxygen atoms in total. The Morgan fingerprint density at radius 3 is 2.55 bits per heavy atom. The van der Waals surface area contributed by atoms with Gasteiger partial charge in [0.05, 0.1) is 0 Å². The van der Waals surface area contributed by atoms with Crippen molar-refractivity contribution in [3.05, 3.63) is 64.5 Å². The molecule has 3 rings (SSSR count). The zero-order valence-corrected chi connectivity index (χ0v) is 13.1. The van der Waals surface area contributed by atoms with Crippen LogP contribution < -0.4 is 5.32 Å². The largest absolute Gasteiger partial charge is 0.321 e. The van der Waals surface area contributed by atoms with E-state index in [0.29, 0.717) is 10.6 Å². The smallest absolute Gasteiger partial charge is 0.269 e. The lowest BCUT2D eigenvalue weighted by atomic mass is 10.1. The molecule has 0 aliphatic rings. The molecule has 0 fully saturated rings. The van der Waals surface area contributed by atoms with Crippen molar-refractivity contribution in [2.75, 3.05) is 5.32 Å². The number of hydrogen-bond donors (Lipinski definition) is 1. The molecule has 2 aromatic carbocycles. The summed E-state index contributed by atoms with van der Waals surface area (Å²) < 4.78 is 3.93. The Balaban J connectivity index is 1.88. The molecular weight excluding hydrogens is 294 g/mol. The first kappa shape index (κ1) is 14.4. The van der Waals surface area contributed by atoms with Gasteiger partial charge in [0.1, 0.15) is 10.6 Å². The van der Waals surface area contributed by atoms with Crippen LogP contribution in [0, 0.1) is 13.8 Å². The first-order chi connectivity index (χ1) is 10.6. The fraction of sp³-hybridized carbons (Fsp3) is 0.118. The van der Waals surface area contributed by atoms with Gasteiger partial charge in [0.2, 0.25) is 0 Å². The molecule has 110 valence electrons. The number of hydrogen-bond acceptors (Lipinski definition) is 4. The Morgan fingerprint density at radius 1 is 1.05 bits per heavy atom. The molecule has 0 bridgehead atoms. The second-order valence-corrected chi connectivity index (χ2v) is 5.89. The summed E-state index contributed by atoms with van der Waals surface area (Å²) in [6.45, 7) is 4.01. The van der Waals surface area contributed by atoms with Gasteiger partial charge >= 0.3 is 0 Å². The van der Waals surface area contributed by atoms with Gasteiger partial charge in [0.15, 0.2) is 0 Å². The molecule has 1 N–H and O–H groups in total. The van der Waals surface area contributed by atoms with E-state index in [9.17, 15) is 4.79 Å². The number of aromatic nitrogens is 2. The number of anilines is 1. The van der Waals surface area contributed by atoms with Crippen molar-refractivity contribution in [3.8, 4) is 11.3 Å².